The molecule has 0 fully saturated rings. The minimum Gasteiger partial charge on any atom is -0.396 e. The number of carbonyl (C=O) groups excluding carboxylic acids is 1. The number of guanidine groups is 1. The van der Waals surface area contributed by atoms with Crippen molar-refractivity contribution in [3.8, 4) is 0 Å². The molecule has 2 aromatic rings. The first-order valence-corrected chi connectivity index (χ1v) is 8.66. The SMILES string of the molecule is C[C@@]1(c2ccc3ccsc3c2)CC(=O)N(CCCCO)C(N)=N1. The Morgan fingerprint density at radius 1 is 1.39 bits per heavy atom. The van der Waals surface area contributed by atoms with Crippen LogP contribution in [0.3, 0.4) is 0 Å². The van der Waals surface area contributed by atoms with Crippen LogP contribution in [0.5, 0.6) is 0 Å². The van der Waals surface area contributed by atoms with Crippen LogP contribution in [0.15, 0.2) is 34.6 Å². The molecule has 1 aromatic carbocycles. The second-order valence-electron chi connectivity index (χ2n) is 6.07. The van der Waals surface area contributed by atoms with Gasteiger partial charge in [0.25, 0.3) is 0 Å². The van der Waals surface area contributed by atoms with Crippen LogP contribution in [0.1, 0.15) is 31.7 Å². The molecule has 6 heteroatoms. The van der Waals surface area contributed by atoms with Gasteiger partial charge in [0.15, 0.2) is 5.96 Å². The first kappa shape index (κ1) is 16.0. The Kier molecular flexibility index (Phi) is 4.37. The van der Waals surface area contributed by atoms with E-state index in [0.717, 1.165) is 12.0 Å². The lowest BCUT2D eigenvalue weighted by Crippen LogP contribution is -2.50. The van der Waals surface area contributed by atoms with E-state index in [1.165, 1.54) is 15.0 Å². The van der Waals surface area contributed by atoms with Crippen LogP contribution in [0.25, 0.3) is 10.1 Å². The lowest BCUT2D eigenvalue weighted by molar-refractivity contribution is -0.129. The van der Waals surface area contributed by atoms with Crippen molar-refractivity contribution in [2.45, 2.75) is 31.7 Å². The van der Waals surface area contributed by atoms with Crippen molar-refractivity contribution in [1.29, 1.82) is 0 Å². The normalized spacial score (nSPS) is 21.7. The number of carbonyl (C=O) groups is 1. The van der Waals surface area contributed by atoms with E-state index in [0.29, 0.717) is 19.4 Å². The summed E-state index contributed by atoms with van der Waals surface area (Å²) in [4.78, 5) is 18.7. The minimum atomic E-state index is -0.618. The molecule has 3 N–H and O–H groups in total. The van der Waals surface area contributed by atoms with Gasteiger partial charge in [-0.2, -0.15) is 0 Å². The molecule has 23 heavy (non-hydrogen) atoms. The van der Waals surface area contributed by atoms with Crippen molar-refractivity contribution in [3.63, 3.8) is 0 Å². The number of benzene rings is 1. The highest BCUT2D eigenvalue weighted by atomic mass is 32.1. The third-order valence-corrected chi connectivity index (χ3v) is 5.18. The number of aliphatic imine (C=N–C) groups is 1. The molecule has 1 amide bonds. The van der Waals surface area contributed by atoms with E-state index < -0.39 is 5.54 Å². The van der Waals surface area contributed by atoms with Gasteiger partial charge >= 0.3 is 0 Å². The molecule has 122 valence electrons. The molecule has 3 rings (SSSR count). The van der Waals surface area contributed by atoms with E-state index in [-0.39, 0.29) is 18.5 Å². The predicted molar refractivity (Wildman–Crippen MR) is 93.4 cm³/mol. The number of fused-ring (bicyclic) bond motifs is 1. The summed E-state index contributed by atoms with van der Waals surface area (Å²) in [6, 6.07) is 8.28. The maximum Gasteiger partial charge on any atom is 0.232 e. The monoisotopic (exact) mass is 331 g/mol. The summed E-state index contributed by atoms with van der Waals surface area (Å²) in [5, 5.41) is 12.1. The molecule has 5 nitrogen and oxygen atoms in total. The molecule has 0 radical (unpaired) electrons. The van der Waals surface area contributed by atoms with Crippen LogP contribution in [-0.4, -0.2) is 35.0 Å². The van der Waals surface area contributed by atoms with E-state index in [2.05, 4.69) is 28.6 Å². The van der Waals surface area contributed by atoms with Crippen LogP contribution < -0.4 is 5.73 Å². The lowest BCUT2D eigenvalue weighted by Gasteiger charge is -2.35. The Hall–Kier alpha value is -1.92. The van der Waals surface area contributed by atoms with Gasteiger partial charge < -0.3 is 10.8 Å². The second kappa shape index (κ2) is 6.29. The highest BCUT2D eigenvalue weighted by molar-refractivity contribution is 7.17. The average molecular weight is 331 g/mol. The zero-order chi connectivity index (χ0) is 16.4. The van der Waals surface area contributed by atoms with Crippen molar-refractivity contribution in [1.82, 2.24) is 4.90 Å². The molecule has 1 aliphatic rings. The van der Waals surface area contributed by atoms with E-state index >= 15 is 0 Å². The van der Waals surface area contributed by atoms with Gasteiger partial charge in [-0.15, -0.1) is 11.3 Å². The Morgan fingerprint density at radius 2 is 2.22 bits per heavy atom. The molecule has 2 heterocycles. The number of rotatable bonds is 5. The number of nitrogens with zero attached hydrogens (tertiary/aromatic N) is 2. The molecular weight excluding hydrogens is 310 g/mol. The van der Waals surface area contributed by atoms with Crippen LogP contribution in [-0.2, 0) is 10.3 Å². The highest BCUT2D eigenvalue weighted by Gasteiger charge is 2.37. The van der Waals surface area contributed by atoms with Crippen molar-refractivity contribution in [2.24, 2.45) is 10.7 Å². The van der Waals surface area contributed by atoms with Gasteiger partial charge in [0.05, 0.1) is 12.0 Å². The molecule has 1 aromatic heterocycles. The first-order chi connectivity index (χ1) is 11.0. The summed E-state index contributed by atoms with van der Waals surface area (Å²) >= 11 is 1.68. The van der Waals surface area contributed by atoms with Crippen molar-refractivity contribution in [2.75, 3.05) is 13.2 Å². The summed E-state index contributed by atoms with van der Waals surface area (Å²) < 4.78 is 1.19. The fraction of sp³-hybridized carbons (Fsp3) is 0.412. The number of thiophene rings is 1. The van der Waals surface area contributed by atoms with Gasteiger partial charge in [0.1, 0.15) is 0 Å². The van der Waals surface area contributed by atoms with E-state index in [4.69, 9.17) is 10.8 Å². The quantitative estimate of drug-likeness (QED) is 0.826. The average Bonchev–Trinajstić information content (AvgIpc) is 2.97. The molecule has 0 aliphatic carbocycles. The summed E-state index contributed by atoms with van der Waals surface area (Å²) in [5.74, 6) is 0.261. The Balaban J connectivity index is 1.88. The number of hydrogen-bond acceptors (Lipinski definition) is 5. The topological polar surface area (TPSA) is 78.9 Å². The number of aliphatic hydroxyl groups excluding tert-OH is 1. The largest absolute Gasteiger partial charge is 0.396 e. The molecule has 0 spiro atoms. The molecule has 1 atom stereocenters. The number of unbranched alkanes of at least 4 members (excludes halogenated alkanes) is 1. The number of nitrogens with two attached hydrogens (primary N) is 1. The zero-order valence-electron chi connectivity index (χ0n) is 13.2. The van der Waals surface area contributed by atoms with Gasteiger partial charge in [-0.25, -0.2) is 4.99 Å². The predicted octanol–water partition coefficient (Wildman–Crippen LogP) is 2.44. The van der Waals surface area contributed by atoms with Gasteiger partial charge in [0.2, 0.25) is 5.91 Å². The highest BCUT2D eigenvalue weighted by Crippen LogP contribution is 2.35. The van der Waals surface area contributed by atoms with Crippen LogP contribution >= 0.6 is 11.3 Å². The smallest absolute Gasteiger partial charge is 0.232 e. The zero-order valence-corrected chi connectivity index (χ0v) is 14.0. The Labute approximate surface area is 139 Å². The molecular formula is C17H21N3O2S. The summed E-state index contributed by atoms with van der Waals surface area (Å²) in [7, 11) is 0. The molecule has 0 unspecified atom stereocenters. The van der Waals surface area contributed by atoms with Gasteiger partial charge in [-0.3, -0.25) is 9.69 Å². The molecule has 0 bridgehead atoms. The summed E-state index contributed by atoms with van der Waals surface area (Å²) in [6.45, 7) is 2.59. The fourth-order valence-electron chi connectivity index (χ4n) is 2.95. The van der Waals surface area contributed by atoms with Gasteiger partial charge in [0, 0.05) is 17.9 Å². The lowest BCUT2D eigenvalue weighted by atomic mass is 9.87. The summed E-state index contributed by atoms with van der Waals surface area (Å²) in [5.41, 5.74) is 6.45. The Morgan fingerprint density at radius 3 is 2.96 bits per heavy atom. The van der Waals surface area contributed by atoms with Crippen LogP contribution in [0.2, 0.25) is 0 Å². The number of hydrogen-bond donors (Lipinski definition) is 2. The number of aliphatic hydroxyl groups is 1. The van der Waals surface area contributed by atoms with E-state index in [9.17, 15) is 4.79 Å². The second-order valence-corrected chi connectivity index (χ2v) is 7.02. The van der Waals surface area contributed by atoms with Crippen molar-refractivity contribution in [3.05, 3.63) is 35.2 Å². The van der Waals surface area contributed by atoms with E-state index in [1.54, 1.807) is 11.3 Å². The molecule has 0 saturated heterocycles. The van der Waals surface area contributed by atoms with Gasteiger partial charge in [-0.1, -0.05) is 12.1 Å². The third kappa shape index (κ3) is 3.09. The minimum absolute atomic E-state index is 0.00998. The maximum absolute atomic E-state index is 12.5. The molecule has 1 aliphatic heterocycles. The fourth-order valence-corrected chi connectivity index (χ4v) is 3.78. The van der Waals surface area contributed by atoms with Crippen LogP contribution in [0.4, 0.5) is 0 Å². The first-order valence-electron chi connectivity index (χ1n) is 7.78. The summed E-state index contributed by atoms with van der Waals surface area (Å²) in [6.07, 6.45) is 1.68. The van der Waals surface area contributed by atoms with Gasteiger partial charge in [-0.05, 0) is 48.2 Å². The van der Waals surface area contributed by atoms with E-state index in [1.807, 2.05) is 13.0 Å². The third-order valence-electron chi connectivity index (χ3n) is 4.30. The standard InChI is InChI=1S/C17H21N3O2S/c1-17(13-5-4-12-6-9-23-14(12)10-13)11-15(22)20(16(18)19-17)7-2-3-8-21/h4-6,9-10,21H,2-3,7-8,11H2,1H3,(H2,18,19)/t17-/m0/s1. The maximum atomic E-state index is 12.5. The van der Waals surface area contributed by atoms with Crippen LogP contribution in [0, 0.1) is 0 Å². The molecule has 0 saturated carbocycles. The number of amides is 1. The Bertz CT molecular complexity index is 755. The van der Waals surface area contributed by atoms with Crippen molar-refractivity contribution < 1.29 is 9.90 Å². The van der Waals surface area contributed by atoms with Crippen molar-refractivity contribution >= 4 is 33.3 Å².